The Hall–Kier alpha value is -2.32. The van der Waals surface area contributed by atoms with E-state index >= 15 is 0 Å². The number of pyridine rings is 1. The van der Waals surface area contributed by atoms with Crippen LogP contribution in [0.5, 0.6) is 0 Å². The van der Waals surface area contributed by atoms with E-state index in [0.717, 1.165) is 18.5 Å². The van der Waals surface area contributed by atoms with Crippen molar-refractivity contribution in [2.24, 2.45) is 5.92 Å². The number of hydrogen-bond donors (Lipinski definition) is 0. The number of amides is 1. The van der Waals surface area contributed by atoms with Crippen molar-refractivity contribution in [2.75, 3.05) is 29.7 Å². The van der Waals surface area contributed by atoms with Gasteiger partial charge in [0, 0.05) is 49.4 Å². The van der Waals surface area contributed by atoms with Crippen LogP contribution in [-0.2, 0) is 16.6 Å². The van der Waals surface area contributed by atoms with Crippen LogP contribution in [0.2, 0.25) is 5.02 Å². The molecule has 2 atom stereocenters. The topological polar surface area (TPSA) is 79.7 Å². The zero-order valence-electron chi connectivity index (χ0n) is 17.0. The molecule has 2 aromatic rings. The average molecular weight is 462 g/mol. The van der Waals surface area contributed by atoms with Crippen LogP contribution in [-0.4, -0.2) is 49.2 Å². The minimum atomic E-state index is -3.42. The number of carbonyl (C=O) groups is 1. The Morgan fingerprint density at radius 3 is 2.71 bits per heavy atom. The molecular formula is C22H24ClN3O4S. The molecule has 1 aromatic carbocycles. The lowest BCUT2D eigenvalue weighted by molar-refractivity contribution is 0.0594. The van der Waals surface area contributed by atoms with Crippen molar-refractivity contribution in [1.29, 1.82) is 0 Å². The molecule has 2 bridgehead atoms. The predicted octanol–water partition coefficient (Wildman–Crippen LogP) is 2.69. The first-order valence-corrected chi connectivity index (χ1v) is 12.6. The van der Waals surface area contributed by atoms with E-state index in [9.17, 15) is 18.0 Å². The number of fused-ring (bicyclic) bond motifs is 4. The van der Waals surface area contributed by atoms with Crippen LogP contribution in [0, 0.1) is 5.92 Å². The number of aromatic nitrogens is 1. The van der Waals surface area contributed by atoms with Crippen LogP contribution in [0.3, 0.4) is 0 Å². The van der Waals surface area contributed by atoms with Crippen LogP contribution in [0.15, 0.2) is 41.2 Å². The molecule has 164 valence electrons. The van der Waals surface area contributed by atoms with Gasteiger partial charge in [-0.25, -0.2) is 8.42 Å². The quantitative estimate of drug-likeness (QED) is 0.688. The van der Waals surface area contributed by atoms with Gasteiger partial charge in [-0.3, -0.25) is 13.9 Å². The first-order chi connectivity index (χ1) is 14.8. The van der Waals surface area contributed by atoms with Crippen LogP contribution >= 0.6 is 11.6 Å². The normalized spacial score (nSPS) is 24.5. The number of anilines is 1. The van der Waals surface area contributed by atoms with Gasteiger partial charge < -0.3 is 9.47 Å². The number of benzene rings is 1. The summed E-state index contributed by atoms with van der Waals surface area (Å²) in [6.45, 7) is 2.11. The van der Waals surface area contributed by atoms with Crippen LogP contribution in [0.1, 0.15) is 41.2 Å². The molecule has 1 aromatic heterocycles. The lowest BCUT2D eigenvalue weighted by Gasteiger charge is -2.42. The third-order valence-corrected chi connectivity index (χ3v) is 8.75. The summed E-state index contributed by atoms with van der Waals surface area (Å²) in [6, 6.07) is 10.2. The van der Waals surface area contributed by atoms with Gasteiger partial charge in [-0.1, -0.05) is 17.7 Å². The first-order valence-electron chi connectivity index (χ1n) is 10.6. The Morgan fingerprint density at radius 1 is 1.06 bits per heavy atom. The molecule has 0 spiro atoms. The highest BCUT2D eigenvalue weighted by atomic mass is 35.5. The molecule has 9 heteroatoms. The fourth-order valence-electron chi connectivity index (χ4n) is 5.14. The maximum atomic E-state index is 13.4. The number of rotatable bonds is 2. The van der Waals surface area contributed by atoms with Crippen molar-refractivity contribution in [1.82, 2.24) is 9.47 Å². The molecule has 0 saturated carbocycles. The van der Waals surface area contributed by atoms with Crippen LogP contribution in [0.25, 0.3) is 0 Å². The third kappa shape index (κ3) is 3.65. The van der Waals surface area contributed by atoms with Gasteiger partial charge >= 0.3 is 0 Å². The minimum absolute atomic E-state index is 0.0112. The second-order valence-electron chi connectivity index (χ2n) is 8.67. The molecule has 0 aliphatic carbocycles. The Balaban J connectivity index is 1.43. The van der Waals surface area contributed by atoms with Crippen LogP contribution in [0.4, 0.5) is 5.69 Å². The van der Waals surface area contributed by atoms with E-state index < -0.39 is 10.0 Å². The first kappa shape index (κ1) is 20.6. The van der Waals surface area contributed by atoms with Gasteiger partial charge in [0.1, 0.15) is 0 Å². The maximum absolute atomic E-state index is 13.4. The standard InChI is InChI=1S/C22H24ClN3O4S/c23-18-7-6-16(11-20(18)26-8-1-2-9-31(26,29)30)22(28)24-12-15-10-17(14-24)19-4-3-5-21(27)25(19)13-15/h3-7,11,15,17H,1-2,8-10,12-14H2/t15?,17-/m0/s1. The Kier molecular flexibility index (Phi) is 5.09. The molecular weight excluding hydrogens is 438 g/mol. The maximum Gasteiger partial charge on any atom is 0.253 e. The van der Waals surface area contributed by atoms with E-state index in [1.165, 1.54) is 4.31 Å². The number of halogens is 1. The van der Waals surface area contributed by atoms with Crippen molar-refractivity contribution >= 4 is 33.2 Å². The molecule has 1 amide bonds. The summed E-state index contributed by atoms with van der Waals surface area (Å²) in [5, 5.41) is 0.325. The molecule has 0 radical (unpaired) electrons. The highest BCUT2D eigenvalue weighted by molar-refractivity contribution is 7.92. The van der Waals surface area contributed by atoms with Crippen LogP contribution < -0.4 is 9.86 Å². The molecule has 2 saturated heterocycles. The smallest absolute Gasteiger partial charge is 0.253 e. The van der Waals surface area contributed by atoms with E-state index in [-0.39, 0.29) is 29.1 Å². The van der Waals surface area contributed by atoms with E-state index in [4.69, 9.17) is 11.6 Å². The van der Waals surface area contributed by atoms with Gasteiger partial charge in [-0.2, -0.15) is 0 Å². The van der Waals surface area contributed by atoms with E-state index in [2.05, 4.69) is 0 Å². The van der Waals surface area contributed by atoms with Gasteiger partial charge in [0.15, 0.2) is 0 Å². The second-order valence-corrected chi connectivity index (χ2v) is 11.1. The van der Waals surface area contributed by atoms with Gasteiger partial charge in [0.05, 0.1) is 16.5 Å². The van der Waals surface area contributed by atoms with Crippen molar-refractivity contribution in [2.45, 2.75) is 31.7 Å². The minimum Gasteiger partial charge on any atom is -0.338 e. The fraction of sp³-hybridized carbons (Fsp3) is 0.455. The zero-order chi connectivity index (χ0) is 21.8. The number of piperidine rings is 1. The third-order valence-electron chi connectivity index (χ3n) is 6.58. The molecule has 4 heterocycles. The summed E-state index contributed by atoms with van der Waals surface area (Å²) in [5.74, 6) is 0.313. The van der Waals surface area contributed by atoms with Crippen molar-refractivity contribution in [3.05, 3.63) is 63.0 Å². The summed E-state index contributed by atoms with van der Waals surface area (Å²) in [7, 11) is -3.42. The summed E-state index contributed by atoms with van der Waals surface area (Å²) >= 11 is 6.33. The summed E-state index contributed by atoms with van der Waals surface area (Å²) in [5.41, 5.74) is 1.81. The summed E-state index contributed by atoms with van der Waals surface area (Å²) in [6.07, 6.45) is 2.36. The molecule has 0 N–H and O–H groups in total. The molecule has 1 unspecified atom stereocenters. The largest absolute Gasteiger partial charge is 0.338 e. The van der Waals surface area contributed by atoms with Crippen molar-refractivity contribution < 1.29 is 13.2 Å². The summed E-state index contributed by atoms with van der Waals surface area (Å²) < 4.78 is 28.2. The van der Waals surface area contributed by atoms with Gasteiger partial charge in [-0.05, 0) is 49.4 Å². The lowest BCUT2D eigenvalue weighted by atomic mass is 9.83. The zero-order valence-corrected chi connectivity index (χ0v) is 18.6. The van der Waals surface area contributed by atoms with Gasteiger partial charge in [-0.15, -0.1) is 0 Å². The number of carbonyl (C=O) groups excluding carboxylic acids is 1. The monoisotopic (exact) mass is 461 g/mol. The number of nitrogens with zero attached hydrogens (tertiary/aromatic N) is 3. The Morgan fingerprint density at radius 2 is 1.90 bits per heavy atom. The van der Waals surface area contributed by atoms with E-state index in [1.54, 1.807) is 30.3 Å². The molecule has 7 nitrogen and oxygen atoms in total. The molecule has 2 fully saturated rings. The number of hydrogen-bond acceptors (Lipinski definition) is 4. The highest BCUT2D eigenvalue weighted by Gasteiger charge is 2.37. The highest BCUT2D eigenvalue weighted by Crippen LogP contribution is 2.36. The Labute approximate surface area is 186 Å². The van der Waals surface area contributed by atoms with Gasteiger partial charge in [0.2, 0.25) is 10.0 Å². The molecule has 5 rings (SSSR count). The Bertz CT molecular complexity index is 1210. The number of likely N-dealkylation sites (tertiary alicyclic amines) is 1. The fourth-order valence-corrected chi connectivity index (χ4v) is 7.06. The van der Waals surface area contributed by atoms with E-state index in [1.807, 2.05) is 15.5 Å². The number of sulfonamides is 1. The van der Waals surface area contributed by atoms with E-state index in [0.29, 0.717) is 48.9 Å². The molecule has 3 aliphatic rings. The molecule has 3 aliphatic heterocycles. The van der Waals surface area contributed by atoms with Gasteiger partial charge in [0.25, 0.3) is 11.5 Å². The lowest BCUT2D eigenvalue weighted by Crippen LogP contribution is -2.49. The second kappa shape index (κ2) is 7.67. The molecule has 31 heavy (non-hydrogen) atoms. The predicted molar refractivity (Wildman–Crippen MR) is 119 cm³/mol. The van der Waals surface area contributed by atoms with Crippen molar-refractivity contribution in [3.63, 3.8) is 0 Å². The average Bonchev–Trinajstić information content (AvgIpc) is 2.74. The van der Waals surface area contributed by atoms with Crippen molar-refractivity contribution in [3.8, 4) is 0 Å². The summed E-state index contributed by atoms with van der Waals surface area (Å²) in [4.78, 5) is 27.4. The SMILES string of the molecule is O=C(c1ccc(Cl)c(N2CCCCS2(=O)=O)c1)N1CC2C[C@@H](C1)c1cccc(=O)n1C2.